The van der Waals surface area contributed by atoms with Crippen molar-refractivity contribution in [1.29, 1.82) is 0 Å². The van der Waals surface area contributed by atoms with E-state index in [0.29, 0.717) is 0 Å². The molecular weight excluding hydrogens is 298 g/mol. The smallest absolute Gasteiger partial charge is 0.332 e. The van der Waals surface area contributed by atoms with Crippen molar-refractivity contribution >= 4 is 27.6 Å². The Hall–Kier alpha value is -1.97. The van der Waals surface area contributed by atoms with Crippen LogP contribution >= 0.6 is 0 Å². The van der Waals surface area contributed by atoms with Gasteiger partial charge in [-0.1, -0.05) is 6.07 Å². The van der Waals surface area contributed by atoms with Crippen molar-refractivity contribution < 1.29 is 22.7 Å². The lowest BCUT2D eigenvalue weighted by Crippen LogP contribution is -2.43. The summed E-state index contributed by atoms with van der Waals surface area (Å²) < 4.78 is 27.4. The molecular formula is C12H17N3O5S. The largest absolute Gasteiger partial charge is 0.464 e. The van der Waals surface area contributed by atoms with Gasteiger partial charge in [0, 0.05) is 5.69 Å². The molecule has 8 nitrogen and oxygen atoms in total. The summed E-state index contributed by atoms with van der Waals surface area (Å²) in [4.78, 5) is 23.1. The van der Waals surface area contributed by atoms with Crippen LogP contribution in [0.25, 0.3) is 0 Å². The molecule has 0 bridgehead atoms. The quantitative estimate of drug-likeness (QED) is 0.492. The SMILES string of the molecule is CCOC(=O)C(N)C(=O)Nc1cccc(S(N)(=O)=O)c1C. The van der Waals surface area contributed by atoms with Crippen LogP contribution in [-0.2, 0) is 24.3 Å². The molecule has 1 atom stereocenters. The zero-order valence-electron chi connectivity index (χ0n) is 11.6. The number of hydrogen-bond acceptors (Lipinski definition) is 6. The first-order valence-electron chi connectivity index (χ1n) is 6.04. The molecule has 0 radical (unpaired) electrons. The molecule has 1 unspecified atom stereocenters. The molecule has 0 aliphatic heterocycles. The number of carbonyl (C=O) groups is 2. The normalized spacial score (nSPS) is 12.6. The van der Waals surface area contributed by atoms with E-state index in [9.17, 15) is 18.0 Å². The van der Waals surface area contributed by atoms with Gasteiger partial charge >= 0.3 is 5.97 Å². The van der Waals surface area contributed by atoms with Crippen molar-refractivity contribution in [2.24, 2.45) is 10.9 Å². The molecule has 1 rings (SSSR count). The summed E-state index contributed by atoms with van der Waals surface area (Å²) in [6, 6.07) is 2.70. The highest BCUT2D eigenvalue weighted by molar-refractivity contribution is 7.89. The zero-order valence-corrected chi connectivity index (χ0v) is 12.4. The van der Waals surface area contributed by atoms with Crippen LogP contribution in [0, 0.1) is 6.92 Å². The average molecular weight is 315 g/mol. The van der Waals surface area contributed by atoms with E-state index in [0.717, 1.165) is 0 Å². The van der Waals surface area contributed by atoms with Crippen LogP contribution in [-0.4, -0.2) is 32.9 Å². The van der Waals surface area contributed by atoms with E-state index in [4.69, 9.17) is 10.9 Å². The maximum absolute atomic E-state index is 11.8. The number of rotatable bonds is 5. The van der Waals surface area contributed by atoms with E-state index >= 15 is 0 Å². The number of nitrogens with two attached hydrogens (primary N) is 2. The summed E-state index contributed by atoms with van der Waals surface area (Å²) in [5.74, 6) is -1.67. The second kappa shape index (κ2) is 6.66. The van der Waals surface area contributed by atoms with Gasteiger partial charge in [0.1, 0.15) is 0 Å². The Bertz CT molecular complexity index is 657. The molecule has 0 aliphatic rings. The first-order valence-corrected chi connectivity index (χ1v) is 7.58. The maximum atomic E-state index is 11.8. The predicted octanol–water partition coefficient (Wildman–Crippen LogP) is -0.529. The van der Waals surface area contributed by atoms with Gasteiger partial charge in [0.05, 0.1) is 11.5 Å². The van der Waals surface area contributed by atoms with Crippen LogP contribution < -0.4 is 16.2 Å². The van der Waals surface area contributed by atoms with Gasteiger partial charge in [-0.3, -0.25) is 4.79 Å². The molecule has 0 saturated carbocycles. The highest BCUT2D eigenvalue weighted by atomic mass is 32.2. The van der Waals surface area contributed by atoms with Crippen molar-refractivity contribution in [3.8, 4) is 0 Å². The number of sulfonamides is 1. The topological polar surface area (TPSA) is 142 Å². The van der Waals surface area contributed by atoms with Gasteiger partial charge in [-0.05, 0) is 31.5 Å². The van der Waals surface area contributed by atoms with E-state index in [1.807, 2.05) is 0 Å². The van der Waals surface area contributed by atoms with Crippen molar-refractivity contribution in [1.82, 2.24) is 0 Å². The van der Waals surface area contributed by atoms with Crippen molar-refractivity contribution in [2.75, 3.05) is 11.9 Å². The van der Waals surface area contributed by atoms with Crippen LogP contribution in [0.2, 0.25) is 0 Å². The summed E-state index contributed by atoms with van der Waals surface area (Å²) in [6.45, 7) is 3.16. The lowest BCUT2D eigenvalue weighted by molar-refractivity contribution is -0.146. The van der Waals surface area contributed by atoms with Gasteiger partial charge < -0.3 is 15.8 Å². The molecule has 0 heterocycles. The molecule has 0 saturated heterocycles. The molecule has 1 amide bonds. The number of nitrogens with one attached hydrogen (secondary N) is 1. The van der Waals surface area contributed by atoms with Crippen LogP contribution in [0.3, 0.4) is 0 Å². The molecule has 1 aromatic carbocycles. The third-order valence-corrected chi connectivity index (χ3v) is 3.73. The second-order valence-corrected chi connectivity index (χ2v) is 5.72. The Morgan fingerprint density at radius 3 is 2.52 bits per heavy atom. The number of benzene rings is 1. The second-order valence-electron chi connectivity index (χ2n) is 4.19. The molecule has 21 heavy (non-hydrogen) atoms. The fourth-order valence-corrected chi connectivity index (χ4v) is 2.41. The summed E-state index contributed by atoms with van der Waals surface area (Å²) >= 11 is 0. The minimum absolute atomic E-state index is 0.0970. The van der Waals surface area contributed by atoms with E-state index < -0.39 is 27.9 Å². The van der Waals surface area contributed by atoms with E-state index in [-0.39, 0.29) is 22.8 Å². The van der Waals surface area contributed by atoms with Crippen molar-refractivity contribution in [3.05, 3.63) is 23.8 Å². The number of primary sulfonamides is 1. The standard InChI is InChI=1S/C12H17N3O5S/c1-3-20-12(17)10(13)11(16)15-8-5-4-6-9(7(8)2)21(14,18)19/h4-6,10H,3,13H2,1-2H3,(H,15,16)(H2,14,18,19). The Morgan fingerprint density at radius 1 is 1.38 bits per heavy atom. The van der Waals surface area contributed by atoms with Crippen LogP contribution in [0.15, 0.2) is 23.1 Å². The van der Waals surface area contributed by atoms with Crippen molar-refractivity contribution in [2.45, 2.75) is 24.8 Å². The van der Waals surface area contributed by atoms with Crippen molar-refractivity contribution in [3.63, 3.8) is 0 Å². The number of carbonyl (C=O) groups excluding carboxylic acids is 2. The lowest BCUT2D eigenvalue weighted by Gasteiger charge is -2.14. The van der Waals surface area contributed by atoms with Crippen LogP contribution in [0.1, 0.15) is 12.5 Å². The molecule has 0 spiro atoms. The van der Waals surface area contributed by atoms with Gasteiger partial charge in [-0.15, -0.1) is 0 Å². The van der Waals surface area contributed by atoms with E-state index in [1.165, 1.54) is 25.1 Å². The summed E-state index contributed by atoms with van der Waals surface area (Å²) in [5.41, 5.74) is 5.89. The molecule has 0 aromatic heterocycles. The van der Waals surface area contributed by atoms with E-state index in [2.05, 4.69) is 10.1 Å². The molecule has 5 N–H and O–H groups in total. The van der Waals surface area contributed by atoms with Gasteiger partial charge in [0.2, 0.25) is 10.0 Å². The third kappa shape index (κ3) is 4.25. The van der Waals surface area contributed by atoms with Gasteiger partial charge in [-0.2, -0.15) is 0 Å². The maximum Gasteiger partial charge on any atom is 0.332 e. The summed E-state index contributed by atoms with van der Waals surface area (Å²) in [5, 5.41) is 7.44. The molecule has 1 aromatic rings. The predicted molar refractivity (Wildman–Crippen MR) is 75.8 cm³/mol. The number of esters is 1. The number of amides is 1. The fraction of sp³-hybridized carbons (Fsp3) is 0.333. The summed E-state index contributed by atoms with van der Waals surface area (Å²) in [7, 11) is -3.91. The number of ether oxygens (including phenoxy) is 1. The first kappa shape index (κ1) is 17.1. The van der Waals surface area contributed by atoms with Gasteiger partial charge in [0.15, 0.2) is 6.04 Å². The number of hydrogen-bond donors (Lipinski definition) is 3. The van der Waals surface area contributed by atoms with Crippen LogP contribution in [0.5, 0.6) is 0 Å². The number of anilines is 1. The Kier molecular flexibility index (Phi) is 5.41. The minimum Gasteiger partial charge on any atom is -0.464 e. The van der Waals surface area contributed by atoms with Gasteiger partial charge in [-0.25, -0.2) is 18.4 Å². The van der Waals surface area contributed by atoms with Gasteiger partial charge in [0.25, 0.3) is 5.91 Å². The zero-order chi connectivity index (χ0) is 16.2. The average Bonchev–Trinajstić information content (AvgIpc) is 2.39. The third-order valence-electron chi connectivity index (χ3n) is 2.67. The molecule has 0 fully saturated rings. The van der Waals surface area contributed by atoms with Crippen LogP contribution in [0.4, 0.5) is 5.69 Å². The summed E-state index contributed by atoms with van der Waals surface area (Å²) in [6.07, 6.45) is 0. The lowest BCUT2D eigenvalue weighted by atomic mass is 10.2. The molecule has 0 aliphatic carbocycles. The first-order chi connectivity index (χ1) is 9.68. The Morgan fingerprint density at radius 2 is 2.00 bits per heavy atom. The highest BCUT2D eigenvalue weighted by Crippen LogP contribution is 2.22. The Labute approximate surface area is 122 Å². The minimum atomic E-state index is -3.91. The molecule has 9 heteroatoms. The fourth-order valence-electron chi connectivity index (χ4n) is 1.61. The Balaban J connectivity index is 2.99. The monoisotopic (exact) mass is 315 g/mol. The highest BCUT2D eigenvalue weighted by Gasteiger charge is 2.24. The molecule has 116 valence electrons. The van der Waals surface area contributed by atoms with E-state index in [1.54, 1.807) is 6.92 Å².